The summed E-state index contributed by atoms with van der Waals surface area (Å²) in [7, 11) is 0. The number of benzene rings is 10. The Morgan fingerprint density at radius 2 is 0.410 bits per heavy atom. The second kappa shape index (κ2) is 53.1. The van der Waals surface area contributed by atoms with Gasteiger partial charge in [0.05, 0.1) is 0 Å². The van der Waals surface area contributed by atoms with E-state index in [0.717, 1.165) is 57.8 Å². The standard InChI is InChI=1S/C19H24.3C18H22.C17H20.5C2H6/c1-5-18-12-17(10-9-15(18)4)11-16-7-6-8-19(13-16)14(2)3;2*1-4-15-7-5-8-16(11-15)12-17-9-6-10-18(13-17)14(2)3;1-4-15-8-10-16(11-9-15)12-17-6-5-7-18(13-17)14(2)3;1-13(2)17-6-4-5-16(12-17)11-15-9-7-14(3)8-10-15;5*1-2/h6-10,12-14H,5,11H2,1-4H3;3*5-11,13-14H,4,12H2,1-3H3;4-10,12-13H,11H2,1-3H3;5*1-2H3. The molecule has 540 valence electrons. The molecule has 0 amide bonds. The Hall–Kier alpha value is -7.80. The molecule has 10 aromatic rings. The van der Waals surface area contributed by atoms with E-state index in [-0.39, 0.29) is 0 Å². The molecule has 0 nitrogen and oxygen atoms in total. The Kier molecular flexibility index (Phi) is 47.9. The molecule has 0 aliphatic heterocycles. The summed E-state index contributed by atoms with van der Waals surface area (Å²) in [5.41, 5.74) is 29.7. The molecule has 0 saturated carbocycles. The molecule has 0 aromatic heterocycles. The highest BCUT2D eigenvalue weighted by molar-refractivity contribution is 5.39. The van der Waals surface area contributed by atoms with Crippen LogP contribution in [0.2, 0.25) is 0 Å². The minimum absolute atomic E-state index is 0.601. The molecule has 0 fully saturated rings. The van der Waals surface area contributed by atoms with Gasteiger partial charge in [0.2, 0.25) is 0 Å². The van der Waals surface area contributed by atoms with Crippen LogP contribution in [0.15, 0.2) is 237 Å². The van der Waals surface area contributed by atoms with Crippen molar-refractivity contribution < 1.29 is 0 Å². The predicted octanol–water partition coefficient (Wildman–Crippen LogP) is 30.0. The van der Waals surface area contributed by atoms with E-state index in [1.54, 1.807) is 0 Å². The third-order valence-corrected chi connectivity index (χ3v) is 17.3. The molecule has 0 unspecified atom stereocenters. The summed E-state index contributed by atoms with van der Waals surface area (Å²) < 4.78 is 0. The van der Waals surface area contributed by atoms with Crippen LogP contribution < -0.4 is 0 Å². The Morgan fingerprint density at radius 3 is 0.670 bits per heavy atom. The van der Waals surface area contributed by atoms with Crippen molar-refractivity contribution in [1.29, 1.82) is 0 Å². The van der Waals surface area contributed by atoms with E-state index in [4.69, 9.17) is 0 Å². The van der Waals surface area contributed by atoms with Gasteiger partial charge in [0.1, 0.15) is 0 Å². The molecule has 0 bridgehead atoms. The van der Waals surface area contributed by atoms with Gasteiger partial charge in [-0.1, -0.05) is 408 Å². The SMILES string of the molecule is CC.CC.CC.CC.CC.CCc1cc(Cc2cccc(C(C)C)c2)ccc1C.CCc1ccc(Cc2cccc(C(C)C)c2)cc1.CCc1cccc(Cc2cccc(C(C)C)c2)c1.CCc1cccc(Cc2cccc(C(C)C)c2)c1.Cc1ccc(Cc2cccc(C(C)C)c2)cc1. The first-order chi connectivity index (χ1) is 48.3. The van der Waals surface area contributed by atoms with Crippen LogP contribution in [0.3, 0.4) is 0 Å². The van der Waals surface area contributed by atoms with Gasteiger partial charge in [-0.15, -0.1) is 0 Å². The molecular formula is C100H140. The van der Waals surface area contributed by atoms with Crippen molar-refractivity contribution in [1.82, 2.24) is 0 Å². The number of rotatable bonds is 19. The van der Waals surface area contributed by atoms with Crippen molar-refractivity contribution >= 4 is 0 Å². The van der Waals surface area contributed by atoms with Gasteiger partial charge in [-0.2, -0.15) is 0 Å². The maximum Gasteiger partial charge on any atom is -0.00256 e. The third kappa shape index (κ3) is 35.0. The van der Waals surface area contributed by atoms with Crippen molar-refractivity contribution in [3.05, 3.63) is 353 Å². The average molecular weight is 1340 g/mol. The maximum atomic E-state index is 2.36. The van der Waals surface area contributed by atoms with Gasteiger partial charge in [-0.05, 0) is 212 Å². The van der Waals surface area contributed by atoms with Crippen LogP contribution in [0.1, 0.15) is 313 Å². The zero-order chi connectivity index (χ0) is 75.0. The number of aryl methyl sites for hydroxylation is 6. The second-order valence-corrected chi connectivity index (χ2v) is 26.5. The summed E-state index contributed by atoms with van der Waals surface area (Å²) in [6, 6.07) is 87.2. The summed E-state index contributed by atoms with van der Waals surface area (Å²) in [6.07, 6.45) is 9.62. The van der Waals surface area contributed by atoms with E-state index >= 15 is 0 Å². The van der Waals surface area contributed by atoms with E-state index in [1.165, 1.54) is 117 Å². The topological polar surface area (TPSA) is 0 Å². The van der Waals surface area contributed by atoms with Gasteiger partial charge < -0.3 is 0 Å². The monoisotopic (exact) mass is 1340 g/mol. The Balaban J connectivity index is 0.000000605. The summed E-state index contributed by atoms with van der Waals surface area (Å²) in [5.74, 6) is 3.02. The largest absolute Gasteiger partial charge is 0.0683 e. The number of hydrogen-bond donors (Lipinski definition) is 0. The lowest BCUT2D eigenvalue weighted by atomic mass is 9.95. The predicted molar refractivity (Wildman–Crippen MR) is 453 cm³/mol. The molecule has 10 aromatic carbocycles. The van der Waals surface area contributed by atoms with Crippen LogP contribution in [0.5, 0.6) is 0 Å². The normalized spacial score (nSPS) is 10.1. The second-order valence-electron chi connectivity index (χ2n) is 26.5. The van der Waals surface area contributed by atoms with Gasteiger partial charge in [0, 0.05) is 0 Å². The minimum atomic E-state index is 0.601. The fourth-order valence-electron chi connectivity index (χ4n) is 11.2. The molecule has 100 heavy (non-hydrogen) atoms. The molecule has 0 atom stereocenters. The first-order valence-electron chi connectivity index (χ1n) is 39.1. The third-order valence-electron chi connectivity index (χ3n) is 17.3. The minimum Gasteiger partial charge on any atom is -0.0683 e. The zero-order valence-electron chi connectivity index (χ0n) is 68.3. The first kappa shape index (κ1) is 90.2. The fraction of sp³-hybridized carbons (Fsp3) is 0.400. The highest BCUT2D eigenvalue weighted by atomic mass is 14.1. The van der Waals surface area contributed by atoms with E-state index in [0.29, 0.717) is 29.6 Å². The first-order valence-corrected chi connectivity index (χ1v) is 39.1. The molecule has 0 heteroatoms. The van der Waals surface area contributed by atoms with Crippen LogP contribution in [-0.4, -0.2) is 0 Å². The fourth-order valence-corrected chi connectivity index (χ4v) is 11.2. The molecule has 0 aliphatic carbocycles. The Labute approximate surface area is 617 Å². The summed E-state index contributed by atoms with van der Waals surface area (Å²) in [6.45, 7) is 55.6. The quantitative estimate of drug-likeness (QED) is 0.0757. The van der Waals surface area contributed by atoms with Crippen molar-refractivity contribution in [2.24, 2.45) is 0 Å². The van der Waals surface area contributed by atoms with Gasteiger partial charge in [-0.25, -0.2) is 0 Å². The lowest BCUT2D eigenvalue weighted by molar-refractivity contribution is 0.863. The van der Waals surface area contributed by atoms with Gasteiger partial charge in [0.25, 0.3) is 0 Å². The zero-order valence-corrected chi connectivity index (χ0v) is 68.3. The lowest BCUT2D eigenvalue weighted by Crippen LogP contribution is -1.95. The molecule has 0 aliphatic rings. The molecular weight excluding hydrogens is 1200 g/mol. The van der Waals surface area contributed by atoms with Crippen LogP contribution in [0.4, 0.5) is 0 Å². The summed E-state index contributed by atoms with van der Waals surface area (Å²) in [4.78, 5) is 0. The molecule has 0 radical (unpaired) electrons. The molecule has 0 spiro atoms. The molecule has 10 rings (SSSR count). The average Bonchev–Trinajstić information content (AvgIpc) is 0.904. The molecule has 0 saturated heterocycles. The summed E-state index contributed by atoms with van der Waals surface area (Å²) >= 11 is 0. The smallest absolute Gasteiger partial charge is 0.00256 e. The van der Waals surface area contributed by atoms with Crippen molar-refractivity contribution in [3.63, 3.8) is 0 Å². The maximum absolute atomic E-state index is 2.36. The van der Waals surface area contributed by atoms with Crippen molar-refractivity contribution in [3.8, 4) is 0 Å². The van der Waals surface area contributed by atoms with Crippen molar-refractivity contribution in [2.45, 2.75) is 267 Å². The lowest BCUT2D eigenvalue weighted by Gasteiger charge is -2.10. The molecule has 0 N–H and O–H groups in total. The molecule has 0 heterocycles. The van der Waals surface area contributed by atoms with Crippen molar-refractivity contribution in [2.75, 3.05) is 0 Å². The van der Waals surface area contributed by atoms with E-state index in [1.807, 2.05) is 69.2 Å². The Bertz CT molecular complexity index is 3580. The van der Waals surface area contributed by atoms with Gasteiger partial charge in [0.15, 0.2) is 0 Å². The van der Waals surface area contributed by atoms with Gasteiger partial charge in [-0.3, -0.25) is 0 Å². The van der Waals surface area contributed by atoms with Crippen LogP contribution in [0, 0.1) is 13.8 Å². The highest BCUT2D eigenvalue weighted by Crippen LogP contribution is 2.24. The van der Waals surface area contributed by atoms with E-state index in [2.05, 4.69) is 347 Å². The highest BCUT2D eigenvalue weighted by Gasteiger charge is 2.08. The number of hydrogen-bond acceptors (Lipinski definition) is 0. The van der Waals surface area contributed by atoms with E-state index in [9.17, 15) is 0 Å². The van der Waals surface area contributed by atoms with Crippen LogP contribution in [0.25, 0.3) is 0 Å². The van der Waals surface area contributed by atoms with Crippen LogP contribution in [-0.2, 0) is 57.8 Å². The van der Waals surface area contributed by atoms with Crippen LogP contribution >= 0.6 is 0 Å². The Morgan fingerprint density at radius 1 is 0.200 bits per heavy atom. The summed E-state index contributed by atoms with van der Waals surface area (Å²) in [5, 5.41) is 0. The van der Waals surface area contributed by atoms with Gasteiger partial charge >= 0.3 is 0 Å². The van der Waals surface area contributed by atoms with E-state index < -0.39 is 0 Å².